The van der Waals surface area contributed by atoms with Crippen molar-refractivity contribution in [3.05, 3.63) is 45.7 Å². The molecule has 5 rings (SSSR count). The zero-order valence-corrected chi connectivity index (χ0v) is 21.3. The van der Waals surface area contributed by atoms with E-state index in [-0.39, 0.29) is 6.04 Å². The van der Waals surface area contributed by atoms with Gasteiger partial charge in [0.2, 0.25) is 0 Å². The normalized spacial score (nSPS) is 25.2. The van der Waals surface area contributed by atoms with Crippen LogP contribution in [0.4, 0.5) is 5.82 Å². The fourth-order valence-electron chi connectivity index (χ4n) is 5.64. The molecule has 4 atom stereocenters. The summed E-state index contributed by atoms with van der Waals surface area (Å²) >= 11 is 12.6. The van der Waals surface area contributed by atoms with Crippen LogP contribution in [-0.2, 0) is 0 Å². The molecule has 1 unspecified atom stereocenters. The van der Waals surface area contributed by atoms with Crippen LogP contribution in [0.1, 0.15) is 57.3 Å². The van der Waals surface area contributed by atoms with Gasteiger partial charge in [-0.25, -0.2) is 14.6 Å². The van der Waals surface area contributed by atoms with Crippen LogP contribution in [-0.4, -0.2) is 56.4 Å². The maximum Gasteiger partial charge on any atom is 0.179 e. The molecular weight excluding hydrogens is 455 g/mol. The summed E-state index contributed by atoms with van der Waals surface area (Å²) in [6.07, 6.45) is 5.75. The summed E-state index contributed by atoms with van der Waals surface area (Å²) in [5.41, 5.74) is 3.47. The standard InChI is InChI=1S/C25H32Cl2N6/c1-15-14-32(16(2)11-22(15)31-9-5-6-10-31)23-13-28-24-17(3)30-33(25(24)29-23)18(4)20-8-7-19(26)12-21(20)27/h7-8,12-13,15-16,18,22H,5-6,9-11,14H2,1-4H3/t15-,16+,18-,22?/m1/s1. The first kappa shape index (κ1) is 22.9. The van der Waals surface area contributed by atoms with Gasteiger partial charge in [0, 0.05) is 28.7 Å². The van der Waals surface area contributed by atoms with Crippen LogP contribution in [0.15, 0.2) is 24.4 Å². The van der Waals surface area contributed by atoms with E-state index in [1.54, 1.807) is 6.07 Å². The van der Waals surface area contributed by atoms with Crippen molar-refractivity contribution in [3.8, 4) is 0 Å². The van der Waals surface area contributed by atoms with Crippen molar-refractivity contribution in [1.29, 1.82) is 0 Å². The second-order valence-electron chi connectivity index (χ2n) is 9.80. The van der Waals surface area contributed by atoms with Gasteiger partial charge in [0.25, 0.3) is 0 Å². The van der Waals surface area contributed by atoms with Gasteiger partial charge in [0.1, 0.15) is 11.3 Å². The summed E-state index contributed by atoms with van der Waals surface area (Å²) in [6, 6.07) is 6.59. The van der Waals surface area contributed by atoms with E-state index in [0.717, 1.165) is 41.2 Å². The van der Waals surface area contributed by atoms with Crippen molar-refractivity contribution < 1.29 is 0 Å². The molecule has 0 aliphatic carbocycles. The molecule has 0 saturated carbocycles. The average Bonchev–Trinajstić information content (AvgIpc) is 3.43. The van der Waals surface area contributed by atoms with E-state index in [0.29, 0.717) is 28.0 Å². The number of hydrogen-bond donors (Lipinski definition) is 0. The third-order valence-corrected chi connectivity index (χ3v) is 8.06. The summed E-state index contributed by atoms with van der Waals surface area (Å²) in [6.45, 7) is 12.3. The Kier molecular flexibility index (Phi) is 6.27. The number of benzene rings is 1. The van der Waals surface area contributed by atoms with Gasteiger partial charge >= 0.3 is 0 Å². The largest absolute Gasteiger partial charge is 0.352 e. The SMILES string of the molecule is Cc1nn([C@H](C)c2ccc(Cl)cc2Cl)c2nc(N3C[C@@H](C)C(N4CCCC4)C[C@@H]3C)cnc12. The lowest BCUT2D eigenvalue weighted by atomic mass is 9.88. The monoisotopic (exact) mass is 486 g/mol. The van der Waals surface area contributed by atoms with Gasteiger partial charge in [0.15, 0.2) is 5.65 Å². The Labute approximate surface area is 205 Å². The van der Waals surface area contributed by atoms with Gasteiger partial charge in [0.05, 0.1) is 17.9 Å². The molecule has 0 spiro atoms. The molecule has 8 heteroatoms. The molecule has 0 bridgehead atoms. The predicted molar refractivity (Wildman–Crippen MR) is 136 cm³/mol. The minimum Gasteiger partial charge on any atom is -0.352 e. The number of halogens is 2. The van der Waals surface area contributed by atoms with Gasteiger partial charge < -0.3 is 4.90 Å². The van der Waals surface area contributed by atoms with Gasteiger partial charge in [-0.2, -0.15) is 5.10 Å². The van der Waals surface area contributed by atoms with E-state index in [1.165, 1.54) is 25.9 Å². The second-order valence-corrected chi connectivity index (χ2v) is 10.6. The first-order valence-electron chi connectivity index (χ1n) is 12.0. The molecule has 0 radical (unpaired) electrons. The number of hydrogen-bond acceptors (Lipinski definition) is 5. The van der Waals surface area contributed by atoms with E-state index in [2.05, 4.69) is 30.6 Å². The Balaban J connectivity index is 1.47. The third kappa shape index (κ3) is 4.22. The lowest BCUT2D eigenvalue weighted by Gasteiger charge is -2.45. The van der Waals surface area contributed by atoms with E-state index in [4.69, 9.17) is 38.3 Å². The quantitative estimate of drug-likeness (QED) is 0.469. The Bertz CT molecular complexity index is 1160. The zero-order valence-electron chi connectivity index (χ0n) is 19.8. The van der Waals surface area contributed by atoms with Crippen LogP contribution in [0.3, 0.4) is 0 Å². The number of anilines is 1. The molecule has 6 nitrogen and oxygen atoms in total. The Hall–Kier alpha value is -1.89. The van der Waals surface area contributed by atoms with Gasteiger partial charge in [-0.3, -0.25) is 4.90 Å². The molecule has 33 heavy (non-hydrogen) atoms. The molecule has 2 saturated heterocycles. The second kappa shape index (κ2) is 9.05. The summed E-state index contributed by atoms with van der Waals surface area (Å²) in [5, 5.41) is 6.05. The lowest BCUT2D eigenvalue weighted by molar-refractivity contribution is 0.143. The van der Waals surface area contributed by atoms with Crippen molar-refractivity contribution in [3.63, 3.8) is 0 Å². The minimum atomic E-state index is -0.0900. The van der Waals surface area contributed by atoms with Crippen LogP contribution in [0, 0.1) is 12.8 Å². The maximum absolute atomic E-state index is 6.51. The lowest BCUT2D eigenvalue weighted by Crippen LogP contribution is -2.53. The van der Waals surface area contributed by atoms with E-state index in [9.17, 15) is 0 Å². The van der Waals surface area contributed by atoms with E-state index >= 15 is 0 Å². The average molecular weight is 487 g/mol. The van der Waals surface area contributed by atoms with Crippen LogP contribution in [0.25, 0.3) is 11.2 Å². The fourth-order valence-corrected chi connectivity index (χ4v) is 6.21. The van der Waals surface area contributed by atoms with Crippen molar-refractivity contribution >= 4 is 40.2 Å². The number of aryl methyl sites for hydroxylation is 1. The Morgan fingerprint density at radius 3 is 2.61 bits per heavy atom. The highest BCUT2D eigenvalue weighted by Crippen LogP contribution is 2.34. The molecule has 2 aliphatic rings. The zero-order chi connectivity index (χ0) is 23.3. The molecule has 2 fully saturated rings. The van der Waals surface area contributed by atoms with Crippen LogP contribution < -0.4 is 4.90 Å². The molecule has 176 valence electrons. The van der Waals surface area contributed by atoms with E-state index in [1.807, 2.05) is 29.9 Å². The maximum atomic E-state index is 6.51. The number of fused-ring (bicyclic) bond motifs is 1. The van der Waals surface area contributed by atoms with Crippen molar-refractivity contribution in [2.45, 2.75) is 65.1 Å². The van der Waals surface area contributed by atoms with Crippen molar-refractivity contribution in [1.82, 2.24) is 24.6 Å². The van der Waals surface area contributed by atoms with Gasteiger partial charge in [-0.05, 0) is 76.7 Å². The molecule has 0 amide bonds. The van der Waals surface area contributed by atoms with Crippen LogP contribution in [0.2, 0.25) is 10.0 Å². The Morgan fingerprint density at radius 1 is 1.12 bits per heavy atom. The minimum absolute atomic E-state index is 0.0900. The smallest absolute Gasteiger partial charge is 0.179 e. The van der Waals surface area contributed by atoms with E-state index < -0.39 is 0 Å². The van der Waals surface area contributed by atoms with Crippen molar-refractivity contribution in [2.75, 3.05) is 24.5 Å². The highest BCUT2D eigenvalue weighted by atomic mass is 35.5. The predicted octanol–water partition coefficient (Wildman–Crippen LogP) is 5.75. The highest BCUT2D eigenvalue weighted by Gasteiger charge is 2.36. The number of piperidine rings is 1. The molecule has 3 aromatic rings. The number of likely N-dealkylation sites (tertiary alicyclic amines) is 1. The number of rotatable bonds is 4. The summed E-state index contributed by atoms with van der Waals surface area (Å²) < 4.78 is 1.95. The first-order chi connectivity index (χ1) is 15.8. The molecule has 0 N–H and O–H groups in total. The molecule has 1 aromatic carbocycles. The molecule has 2 aromatic heterocycles. The van der Waals surface area contributed by atoms with Crippen LogP contribution in [0.5, 0.6) is 0 Å². The highest BCUT2D eigenvalue weighted by molar-refractivity contribution is 6.35. The number of aromatic nitrogens is 4. The first-order valence-corrected chi connectivity index (χ1v) is 12.8. The third-order valence-electron chi connectivity index (χ3n) is 7.50. The molecule has 2 aliphatic heterocycles. The topological polar surface area (TPSA) is 50.1 Å². The molecule has 4 heterocycles. The van der Waals surface area contributed by atoms with Gasteiger partial charge in [-0.15, -0.1) is 0 Å². The van der Waals surface area contributed by atoms with Gasteiger partial charge in [-0.1, -0.05) is 36.2 Å². The summed E-state index contributed by atoms with van der Waals surface area (Å²) in [5.74, 6) is 1.52. The summed E-state index contributed by atoms with van der Waals surface area (Å²) in [7, 11) is 0. The van der Waals surface area contributed by atoms with Crippen LogP contribution >= 0.6 is 23.2 Å². The summed E-state index contributed by atoms with van der Waals surface area (Å²) in [4.78, 5) is 15.0. The Morgan fingerprint density at radius 2 is 1.88 bits per heavy atom. The molecular formula is C25H32Cl2N6. The fraction of sp³-hybridized carbons (Fsp3) is 0.560. The van der Waals surface area contributed by atoms with Crippen molar-refractivity contribution in [2.24, 2.45) is 5.92 Å². The number of nitrogens with zero attached hydrogens (tertiary/aromatic N) is 6.